The number of hydrogen-bond acceptors (Lipinski definition) is 6. The van der Waals surface area contributed by atoms with Gasteiger partial charge in [0.05, 0.1) is 17.5 Å². The minimum absolute atomic E-state index is 0.216. The van der Waals surface area contributed by atoms with Crippen LogP contribution in [0.25, 0.3) is 0 Å². The van der Waals surface area contributed by atoms with Gasteiger partial charge in [0.2, 0.25) is 0 Å². The Hall–Kier alpha value is -2.13. The van der Waals surface area contributed by atoms with Crippen molar-refractivity contribution in [3.8, 4) is 0 Å². The second-order valence-electron chi connectivity index (χ2n) is 5.17. The molecule has 0 radical (unpaired) electrons. The van der Waals surface area contributed by atoms with E-state index in [-0.39, 0.29) is 35.9 Å². The van der Waals surface area contributed by atoms with E-state index in [4.69, 9.17) is 10.5 Å². The number of nitrogens with zero attached hydrogens (tertiary/aromatic N) is 2. The Bertz CT molecular complexity index is 697. The average Bonchev–Trinajstić information content (AvgIpc) is 2.91. The number of benzene rings is 1. The number of ether oxygens (including phenoxy) is 1. The summed E-state index contributed by atoms with van der Waals surface area (Å²) < 4.78 is 19.5. The van der Waals surface area contributed by atoms with Crippen LogP contribution in [0, 0.1) is 5.82 Å². The molecule has 3 rings (SSSR count). The third-order valence-electron chi connectivity index (χ3n) is 3.56. The zero-order chi connectivity index (χ0) is 16.6. The Kier molecular flexibility index (Phi) is 4.22. The van der Waals surface area contributed by atoms with Gasteiger partial charge in [-0.2, -0.15) is 5.10 Å². The molecular formula is C14H15FN4O3S. The molecule has 2 aliphatic rings. The number of anilines is 1. The number of carbonyl (C=O) groups is 2. The second kappa shape index (κ2) is 6.17. The summed E-state index contributed by atoms with van der Waals surface area (Å²) in [6.07, 6.45) is -0.933. The van der Waals surface area contributed by atoms with Crippen molar-refractivity contribution in [2.24, 2.45) is 10.8 Å². The van der Waals surface area contributed by atoms with E-state index < -0.39 is 11.9 Å². The fourth-order valence-corrected chi connectivity index (χ4v) is 3.15. The van der Waals surface area contributed by atoms with E-state index in [9.17, 15) is 14.0 Å². The van der Waals surface area contributed by atoms with Gasteiger partial charge in [0.25, 0.3) is 5.91 Å². The van der Waals surface area contributed by atoms with Crippen LogP contribution in [0.15, 0.2) is 23.3 Å². The predicted octanol–water partition coefficient (Wildman–Crippen LogP) is 1.02. The van der Waals surface area contributed by atoms with Crippen LogP contribution in [-0.2, 0) is 9.53 Å². The summed E-state index contributed by atoms with van der Waals surface area (Å²) in [7, 11) is 0. The Morgan fingerprint density at radius 2 is 2.30 bits per heavy atom. The van der Waals surface area contributed by atoms with Crippen molar-refractivity contribution < 1.29 is 18.7 Å². The van der Waals surface area contributed by atoms with Gasteiger partial charge in [-0.15, -0.1) is 0 Å². The minimum atomic E-state index is -0.544. The molecule has 9 heteroatoms. The van der Waals surface area contributed by atoms with Gasteiger partial charge < -0.3 is 10.5 Å². The molecule has 3 N–H and O–H groups in total. The molecule has 2 aliphatic heterocycles. The molecule has 0 unspecified atom stereocenters. The maximum atomic E-state index is 14.4. The van der Waals surface area contributed by atoms with E-state index in [1.54, 1.807) is 13.0 Å². The molecule has 1 aromatic rings. The number of nitrogens with one attached hydrogen (secondary N) is 1. The molecule has 23 heavy (non-hydrogen) atoms. The summed E-state index contributed by atoms with van der Waals surface area (Å²) in [6, 6.07) is 4.39. The van der Waals surface area contributed by atoms with Crippen LogP contribution in [0.2, 0.25) is 0 Å². The molecule has 0 saturated carbocycles. The first-order chi connectivity index (χ1) is 11.0. The van der Waals surface area contributed by atoms with Gasteiger partial charge in [0, 0.05) is 12.1 Å². The van der Waals surface area contributed by atoms with Gasteiger partial charge in [0.1, 0.15) is 17.0 Å². The van der Waals surface area contributed by atoms with Crippen molar-refractivity contribution >= 4 is 34.5 Å². The highest BCUT2D eigenvalue weighted by Crippen LogP contribution is 2.28. The normalized spacial score (nSPS) is 24.3. The third-order valence-corrected chi connectivity index (χ3v) is 4.66. The molecule has 7 nitrogen and oxygen atoms in total. The Balaban J connectivity index is 1.84. The number of thioether (sulfide) groups is 1. The quantitative estimate of drug-likeness (QED) is 0.858. The molecule has 1 saturated heterocycles. The zero-order valence-electron chi connectivity index (χ0n) is 12.3. The molecule has 2 heterocycles. The summed E-state index contributed by atoms with van der Waals surface area (Å²) in [5.41, 5.74) is 8.51. The summed E-state index contributed by atoms with van der Waals surface area (Å²) in [6.45, 7) is 2.22. The highest BCUT2D eigenvalue weighted by atomic mass is 32.2. The highest BCUT2D eigenvalue weighted by molar-refractivity contribution is 8.15. The fraction of sp³-hybridized carbons (Fsp3) is 0.357. The minimum Gasteiger partial charge on any atom is -0.443 e. The fourth-order valence-electron chi connectivity index (χ4n) is 2.27. The van der Waals surface area contributed by atoms with Crippen LogP contribution >= 0.6 is 11.8 Å². The number of hydrazone groups is 1. The number of amides is 2. The third kappa shape index (κ3) is 3.02. The van der Waals surface area contributed by atoms with Crippen molar-refractivity contribution in [1.29, 1.82) is 0 Å². The maximum absolute atomic E-state index is 14.4. The number of carbonyl (C=O) groups excluding carboxylic acids is 2. The first-order valence-corrected chi connectivity index (χ1v) is 7.90. The van der Waals surface area contributed by atoms with Crippen LogP contribution in [0.4, 0.5) is 14.9 Å². The van der Waals surface area contributed by atoms with Crippen molar-refractivity contribution in [2.45, 2.75) is 18.3 Å². The first-order valence-electron chi connectivity index (χ1n) is 7.02. The van der Waals surface area contributed by atoms with Crippen molar-refractivity contribution in [3.63, 3.8) is 0 Å². The number of rotatable bonds is 3. The molecule has 1 fully saturated rings. The lowest BCUT2D eigenvalue weighted by molar-refractivity contribution is -0.120. The van der Waals surface area contributed by atoms with Crippen molar-refractivity contribution in [2.75, 3.05) is 18.0 Å². The lowest BCUT2D eigenvalue weighted by Gasteiger charge is -2.19. The van der Waals surface area contributed by atoms with Crippen LogP contribution in [0.3, 0.4) is 0 Å². The van der Waals surface area contributed by atoms with Crippen LogP contribution in [0.1, 0.15) is 12.5 Å². The van der Waals surface area contributed by atoms with E-state index in [1.807, 2.05) is 0 Å². The molecule has 2 atom stereocenters. The van der Waals surface area contributed by atoms with Crippen molar-refractivity contribution in [1.82, 2.24) is 5.43 Å². The van der Waals surface area contributed by atoms with Gasteiger partial charge in [-0.1, -0.05) is 11.8 Å². The molecule has 0 aromatic heterocycles. The molecule has 1 aromatic carbocycles. The number of cyclic esters (lactones) is 1. The number of hydrogen-bond donors (Lipinski definition) is 2. The highest BCUT2D eigenvalue weighted by Gasteiger charge is 2.32. The lowest BCUT2D eigenvalue weighted by atomic mass is 10.2. The second-order valence-corrected chi connectivity index (χ2v) is 6.50. The molecule has 0 bridgehead atoms. The summed E-state index contributed by atoms with van der Waals surface area (Å²) in [4.78, 5) is 24.5. The van der Waals surface area contributed by atoms with Gasteiger partial charge in [-0.25, -0.2) is 14.6 Å². The molecular weight excluding hydrogens is 323 g/mol. The Morgan fingerprint density at radius 3 is 2.91 bits per heavy atom. The van der Waals surface area contributed by atoms with E-state index in [1.165, 1.54) is 28.8 Å². The standard InChI is InChI=1S/C14H15FN4O3S/c1-7-12(20)17-18-13(23-7)10-3-2-8(4-11(10)15)19-6-9(5-16)22-14(19)21/h2-4,7,9H,5-6,16H2,1H3,(H,17,20)/t7-,9+/m1/s1. The van der Waals surface area contributed by atoms with Gasteiger partial charge in [-0.3, -0.25) is 9.69 Å². The lowest BCUT2D eigenvalue weighted by Crippen LogP contribution is -2.33. The van der Waals surface area contributed by atoms with Gasteiger partial charge >= 0.3 is 6.09 Å². The van der Waals surface area contributed by atoms with E-state index >= 15 is 0 Å². The van der Waals surface area contributed by atoms with Crippen molar-refractivity contribution in [3.05, 3.63) is 29.6 Å². The van der Waals surface area contributed by atoms with E-state index in [2.05, 4.69) is 10.5 Å². The van der Waals surface area contributed by atoms with Gasteiger partial charge in [0.15, 0.2) is 0 Å². The zero-order valence-corrected chi connectivity index (χ0v) is 13.1. The van der Waals surface area contributed by atoms with Crippen LogP contribution in [-0.4, -0.2) is 41.5 Å². The average molecular weight is 338 g/mol. The number of halogens is 1. The van der Waals surface area contributed by atoms with Crippen LogP contribution in [0.5, 0.6) is 0 Å². The molecule has 2 amide bonds. The maximum Gasteiger partial charge on any atom is 0.414 e. The monoisotopic (exact) mass is 338 g/mol. The SMILES string of the molecule is C[C@H]1SC(c2ccc(N3C[C@H](CN)OC3=O)cc2F)=NNC1=O. The molecule has 122 valence electrons. The Labute approximate surface area is 136 Å². The smallest absolute Gasteiger partial charge is 0.414 e. The summed E-state index contributed by atoms with van der Waals surface area (Å²) in [5.74, 6) is -0.746. The molecule has 0 spiro atoms. The molecule has 0 aliphatic carbocycles. The topological polar surface area (TPSA) is 97.0 Å². The first kappa shape index (κ1) is 15.8. The summed E-state index contributed by atoms with van der Waals surface area (Å²) in [5, 5.41) is 3.92. The van der Waals surface area contributed by atoms with E-state index in [0.717, 1.165) is 0 Å². The van der Waals surface area contributed by atoms with Crippen LogP contribution < -0.4 is 16.1 Å². The number of nitrogens with two attached hydrogens (primary N) is 1. The largest absolute Gasteiger partial charge is 0.443 e. The van der Waals surface area contributed by atoms with E-state index in [0.29, 0.717) is 10.7 Å². The predicted molar refractivity (Wildman–Crippen MR) is 84.8 cm³/mol. The summed E-state index contributed by atoms with van der Waals surface area (Å²) >= 11 is 1.18. The van der Waals surface area contributed by atoms with Gasteiger partial charge in [-0.05, 0) is 25.1 Å². The Morgan fingerprint density at radius 1 is 1.52 bits per heavy atom.